The Morgan fingerprint density at radius 1 is 1.23 bits per heavy atom. The summed E-state index contributed by atoms with van der Waals surface area (Å²) in [4.78, 5) is 24.5. The normalized spacial score (nSPS) is 53.4. The van der Waals surface area contributed by atoms with E-state index in [4.69, 9.17) is 9.47 Å². The minimum atomic E-state index is -1.99. The molecule has 0 aromatic heterocycles. The van der Waals surface area contributed by atoms with Gasteiger partial charge in [0.05, 0.1) is 6.10 Å². The molecule has 6 nitrogen and oxygen atoms in total. The van der Waals surface area contributed by atoms with Crippen LogP contribution in [-0.4, -0.2) is 51.2 Å². The zero-order valence-corrected chi connectivity index (χ0v) is 17.8. The highest BCUT2D eigenvalue weighted by molar-refractivity contribution is 6.01. The van der Waals surface area contributed by atoms with Gasteiger partial charge in [0.2, 0.25) is 0 Å². The Bertz CT molecular complexity index is 909. The monoisotopic (exact) mass is 420 g/mol. The summed E-state index contributed by atoms with van der Waals surface area (Å²) in [5, 5.41) is 21.6. The summed E-state index contributed by atoms with van der Waals surface area (Å²) in [5.41, 5.74) is -5.00. The van der Waals surface area contributed by atoms with Crippen molar-refractivity contribution in [2.75, 3.05) is 0 Å². The van der Waals surface area contributed by atoms with Gasteiger partial charge in [-0.2, -0.15) is 0 Å². The maximum atomic E-state index is 17.0. The molecule has 3 saturated carbocycles. The van der Waals surface area contributed by atoms with E-state index in [0.717, 1.165) is 0 Å². The Morgan fingerprint density at radius 3 is 2.60 bits per heavy atom. The van der Waals surface area contributed by atoms with Gasteiger partial charge in [-0.05, 0) is 64.5 Å². The number of aliphatic carboxylic acids is 1. The summed E-state index contributed by atoms with van der Waals surface area (Å²) in [6, 6.07) is 0. The first-order chi connectivity index (χ1) is 13.8. The Morgan fingerprint density at radius 2 is 1.93 bits per heavy atom. The number of carbonyl (C=O) groups is 2. The molecule has 30 heavy (non-hydrogen) atoms. The molecule has 4 aliphatic carbocycles. The molecule has 1 heterocycles. The number of alkyl halides is 1. The first kappa shape index (κ1) is 20.3. The van der Waals surface area contributed by atoms with E-state index in [1.807, 2.05) is 6.92 Å². The van der Waals surface area contributed by atoms with Gasteiger partial charge in [0.1, 0.15) is 6.10 Å². The number of ketones is 1. The molecule has 0 spiro atoms. The van der Waals surface area contributed by atoms with Gasteiger partial charge in [-0.1, -0.05) is 18.6 Å². The Hall–Kier alpha value is -1.57. The van der Waals surface area contributed by atoms with Crippen molar-refractivity contribution in [3.05, 3.63) is 23.8 Å². The fourth-order valence-electron chi connectivity index (χ4n) is 7.68. The summed E-state index contributed by atoms with van der Waals surface area (Å²) >= 11 is 0. The molecule has 0 unspecified atom stereocenters. The molecule has 0 aromatic carbocycles. The van der Waals surface area contributed by atoms with Crippen molar-refractivity contribution in [2.45, 2.75) is 82.6 Å². The van der Waals surface area contributed by atoms with Crippen molar-refractivity contribution in [1.82, 2.24) is 0 Å². The summed E-state index contributed by atoms with van der Waals surface area (Å²) in [7, 11) is 0. The number of aliphatic hydroxyl groups is 1. The van der Waals surface area contributed by atoms with Crippen LogP contribution in [0.2, 0.25) is 0 Å². The van der Waals surface area contributed by atoms with Crippen LogP contribution in [0.3, 0.4) is 0 Å². The number of carboxylic acids is 1. The first-order valence-corrected chi connectivity index (χ1v) is 10.7. The first-order valence-electron chi connectivity index (χ1n) is 10.7. The van der Waals surface area contributed by atoms with Crippen LogP contribution in [0.15, 0.2) is 23.8 Å². The summed E-state index contributed by atoms with van der Waals surface area (Å²) in [5.74, 6) is -3.24. The number of allylic oxidation sites excluding steroid dienone is 4. The fourth-order valence-corrected chi connectivity index (χ4v) is 7.68. The third-order valence-electron chi connectivity index (χ3n) is 8.95. The minimum Gasteiger partial charge on any atom is -0.479 e. The second-order valence-corrected chi connectivity index (χ2v) is 10.6. The SMILES string of the molecule is CC1(C)O[C@@H]2C[C@H]3[C@@H]4CCC5=CC(=O)C=C[C@]5(C)[C@@]4(F)[C@H](O)C[C@]3(C)[C@]2(C(=O)O)O1. The lowest BCUT2D eigenvalue weighted by Gasteiger charge is -2.62. The van der Waals surface area contributed by atoms with Crippen molar-refractivity contribution < 1.29 is 33.7 Å². The number of hydrogen-bond acceptors (Lipinski definition) is 5. The van der Waals surface area contributed by atoms with Gasteiger partial charge in [0.25, 0.3) is 0 Å². The van der Waals surface area contributed by atoms with Crippen LogP contribution in [0.25, 0.3) is 0 Å². The van der Waals surface area contributed by atoms with Gasteiger partial charge in [0, 0.05) is 16.7 Å². The van der Waals surface area contributed by atoms with Gasteiger partial charge in [-0.25, -0.2) is 9.18 Å². The number of ether oxygens (including phenoxy) is 2. The van der Waals surface area contributed by atoms with Crippen molar-refractivity contribution in [3.8, 4) is 0 Å². The second-order valence-electron chi connectivity index (χ2n) is 10.6. The van der Waals surface area contributed by atoms with Crippen LogP contribution in [0.1, 0.15) is 53.4 Å². The van der Waals surface area contributed by atoms with E-state index in [1.165, 1.54) is 12.2 Å². The minimum absolute atomic E-state index is 0.0441. The standard InChI is InChI=1S/C23H29FO6/c1-19(2)29-17-10-15-14-6-5-12-9-13(25)7-8-20(12,3)22(14,24)16(26)11-21(15,4)23(17,30-19)18(27)28/h7-9,14-17,26H,5-6,10-11H2,1-4H3,(H,27,28)/t14-,15-,16+,17+,20-,21-,22-,23-/m0/s1. The number of halogens is 1. The van der Waals surface area contributed by atoms with E-state index in [1.54, 1.807) is 26.8 Å². The highest BCUT2D eigenvalue weighted by atomic mass is 19.1. The zero-order chi connectivity index (χ0) is 21.9. The van der Waals surface area contributed by atoms with Gasteiger partial charge in [-0.15, -0.1) is 0 Å². The molecule has 5 aliphatic rings. The molecule has 1 aliphatic heterocycles. The van der Waals surface area contributed by atoms with E-state index in [-0.39, 0.29) is 18.1 Å². The summed E-state index contributed by atoms with van der Waals surface area (Å²) < 4.78 is 29.1. The number of carboxylic acid groups (broad SMARTS) is 1. The molecule has 8 atom stereocenters. The van der Waals surface area contributed by atoms with E-state index in [0.29, 0.717) is 24.8 Å². The van der Waals surface area contributed by atoms with Crippen LogP contribution in [-0.2, 0) is 19.1 Å². The number of aliphatic hydroxyl groups excluding tert-OH is 1. The molecular weight excluding hydrogens is 391 g/mol. The third kappa shape index (κ3) is 2.04. The fraction of sp³-hybridized carbons (Fsp3) is 0.739. The molecule has 7 heteroatoms. The lowest BCUT2D eigenvalue weighted by Crippen LogP contribution is -2.69. The van der Waals surface area contributed by atoms with E-state index >= 15 is 4.39 Å². The predicted octanol–water partition coefficient (Wildman–Crippen LogP) is 2.94. The smallest absolute Gasteiger partial charge is 0.339 e. The molecule has 4 fully saturated rings. The van der Waals surface area contributed by atoms with Gasteiger partial charge in [-0.3, -0.25) is 4.79 Å². The van der Waals surface area contributed by atoms with Crippen molar-refractivity contribution >= 4 is 11.8 Å². The third-order valence-corrected chi connectivity index (χ3v) is 8.95. The molecule has 164 valence electrons. The maximum absolute atomic E-state index is 17.0. The van der Waals surface area contributed by atoms with Crippen LogP contribution in [0.4, 0.5) is 4.39 Å². The van der Waals surface area contributed by atoms with Gasteiger partial charge < -0.3 is 19.7 Å². The lowest BCUT2D eigenvalue weighted by molar-refractivity contribution is -0.251. The van der Waals surface area contributed by atoms with E-state index < -0.39 is 52.0 Å². The largest absolute Gasteiger partial charge is 0.479 e. The summed E-state index contributed by atoms with van der Waals surface area (Å²) in [6.07, 6.45) is 3.69. The molecule has 1 saturated heterocycles. The van der Waals surface area contributed by atoms with Crippen molar-refractivity contribution in [1.29, 1.82) is 0 Å². The molecule has 5 rings (SSSR count). The van der Waals surface area contributed by atoms with Crippen LogP contribution in [0, 0.1) is 22.7 Å². The number of hydrogen-bond donors (Lipinski definition) is 2. The highest BCUT2D eigenvalue weighted by Crippen LogP contribution is 2.72. The Balaban J connectivity index is 1.64. The molecule has 0 radical (unpaired) electrons. The molecule has 0 bridgehead atoms. The quantitative estimate of drug-likeness (QED) is 0.678. The zero-order valence-electron chi connectivity index (χ0n) is 17.8. The summed E-state index contributed by atoms with van der Waals surface area (Å²) in [6.45, 7) is 6.94. The van der Waals surface area contributed by atoms with Crippen LogP contribution in [0.5, 0.6) is 0 Å². The van der Waals surface area contributed by atoms with Crippen LogP contribution < -0.4 is 0 Å². The lowest BCUT2D eigenvalue weighted by atomic mass is 9.45. The Labute approximate surface area is 175 Å². The topological polar surface area (TPSA) is 93.1 Å². The van der Waals surface area contributed by atoms with Crippen LogP contribution >= 0.6 is 0 Å². The number of rotatable bonds is 1. The average molecular weight is 420 g/mol. The van der Waals surface area contributed by atoms with E-state index in [2.05, 4.69) is 0 Å². The molecule has 0 aromatic rings. The highest BCUT2D eigenvalue weighted by Gasteiger charge is 2.80. The number of carbonyl (C=O) groups excluding carboxylic acids is 1. The molecule has 2 N–H and O–H groups in total. The maximum Gasteiger partial charge on any atom is 0.339 e. The number of fused-ring (bicyclic) bond motifs is 7. The average Bonchev–Trinajstić information content (AvgIpc) is 3.04. The predicted molar refractivity (Wildman–Crippen MR) is 104 cm³/mol. The van der Waals surface area contributed by atoms with Crippen molar-refractivity contribution in [2.24, 2.45) is 22.7 Å². The van der Waals surface area contributed by atoms with E-state index in [9.17, 15) is 19.8 Å². The molecule has 0 amide bonds. The molecular formula is C23H29FO6. The van der Waals surface area contributed by atoms with Gasteiger partial charge >= 0.3 is 5.97 Å². The van der Waals surface area contributed by atoms with Crippen molar-refractivity contribution in [3.63, 3.8) is 0 Å². The second kappa shape index (κ2) is 5.61. The van der Waals surface area contributed by atoms with Gasteiger partial charge in [0.15, 0.2) is 22.8 Å². The Kier molecular flexibility index (Phi) is 3.81.